The smallest absolute Gasteiger partial charge is 0.346 e. The highest BCUT2D eigenvalue weighted by atomic mass is 35.5. The summed E-state index contributed by atoms with van der Waals surface area (Å²) in [6.45, 7) is 3.55. The molecular weight excluding hydrogens is 322 g/mol. The van der Waals surface area contributed by atoms with E-state index in [2.05, 4.69) is 15.3 Å². The number of thiophene rings is 1. The van der Waals surface area contributed by atoms with Gasteiger partial charge in [-0.15, -0.1) is 11.3 Å². The molecule has 2 N–H and O–H groups in total. The summed E-state index contributed by atoms with van der Waals surface area (Å²) in [5.74, 6) is 0.240. The number of rotatable bonds is 3. The lowest BCUT2D eigenvalue weighted by atomic mass is 10.2. The Balaban J connectivity index is 2.15. The predicted molar refractivity (Wildman–Crippen MR) is 88.6 cm³/mol. The molecule has 0 aliphatic rings. The number of anilines is 2. The Morgan fingerprint density at radius 3 is 2.55 bits per heavy atom. The summed E-state index contributed by atoms with van der Waals surface area (Å²) in [6, 6.07) is 7.23. The topological polar surface area (TPSA) is 75.1 Å². The summed E-state index contributed by atoms with van der Waals surface area (Å²) in [5.41, 5.74) is 1.50. The van der Waals surface area contributed by atoms with Crippen LogP contribution in [0.3, 0.4) is 0 Å². The van der Waals surface area contributed by atoms with Crippen molar-refractivity contribution in [2.75, 3.05) is 5.32 Å². The molecule has 0 unspecified atom stereocenters. The molecule has 3 rings (SSSR count). The lowest BCUT2D eigenvalue weighted by Gasteiger charge is -2.08. The number of aromatic carboxylic acids is 1. The molecule has 0 saturated heterocycles. The van der Waals surface area contributed by atoms with Crippen molar-refractivity contribution in [3.05, 3.63) is 45.6 Å². The first kappa shape index (κ1) is 14.7. The zero-order chi connectivity index (χ0) is 15.9. The number of nitrogens with one attached hydrogen (secondary N) is 1. The van der Waals surface area contributed by atoms with Gasteiger partial charge in [0.2, 0.25) is 0 Å². The minimum Gasteiger partial charge on any atom is -0.477 e. The van der Waals surface area contributed by atoms with Crippen molar-refractivity contribution in [3.8, 4) is 0 Å². The Labute approximate surface area is 135 Å². The second kappa shape index (κ2) is 5.55. The summed E-state index contributed by atoms with van der Waals surface area (Å²) in [4.78, 5) is 21.0. The number of nitrogens with zero attached hydrogens (tertiary/aromatic N) is 2. The average Bonchev–Trinajstić information content (AvgIpc) is 2.78. The van der Waals surface area contributed by atoms with Gasteiger partial charge in [0, 0.05) is 10.7 Å². The van der Waals surface area contributed by atoms with Gasteiger partial charge in [-0.05, 0) is 43.7 Å². The molecule has 22 heavy (non-hydrogen) atoms. The van der Waals surface area contributed by atoms with Crippen LogP contribution in [0.25, 0.3) is 10.2 Å². The van der Waals surface area contributed by atoms with E-state index >= 15 is 0 Å². The Bertz CT molecular complexity index is 875. The predicted octanol–water partition coefficient (Wildman–Crippen LogP) is 4.40. The average molecular weight is 334 g/mol. The van der Waals surface area contributed by atoms with Crippen LogP contribution in [0.4, 0.5) is 11.5 Å². The van der Waals surface area contributed by atoms with Gasteiger partial charge in [0.15, 0.2) is 0 Å². The van der Waals surface area contributed by atoms with Gasteiger partial charge in [0.05, 0.1) is 5.39 Å². The minimum atomic E-state index is -0.949. The Hall–Kier alpha value is -2.18. The molecule has 0 aliphatic carbocycles. The third-order valence-corrected chi connectivity index (χ3v) is 4.63. The molecule has 0 aliphatic heterocycles. The summed E-state index contributed by atoms with van der Waals surface area (Å²) in [6.07, 6.45) is 0. The van der Waals surface area contributed by atoms with Crippen molar-refractivity contribution in [2.24, 2.45) is 0 Å². The first-order chi connectivity index (χ1) is 10.5. The number of carboxylic acid groups (broad SMARTS) is 1. The van der Waals surface area contributed by atoms with E-state index in [0.717, 1.165) is 22.4 Å². The number of carbonyl (C=O) groups is 1. The summed E-state index contributed by atoms with van der Waals surface area (Å²) < 4.78 is 0. The van der Waals surface area contributed by atoms with E-state index in [0.29, 0.717) is 27.1 Å². The summed E-state index contributed by atoms with van der Waals surface area (Å²) in [7, 11) is 0. The van der Waals surface area contributed by atoms with Gasteiger partial charge in [-0.1, -0.05) is 11.6 Å². The van der Waals surface area contributed by atoms with E-state index in [1.165, 1.54) is 0 Å². The molecule has 1 aromatic carbocycles. The molecule has 112 valence electrons. The number of hydrogen-bond donors (Lipinski definition) is 2. The Morgan fingerprint density at radius 2 is 1.91 bits per heavy atom. The lowest BCUT2D eigenvalue weighted by molar-refractivity contribution is 0.0701. The first-order valence-electron chi connectivity index (χ1n) is 6.49. The van der Waals surface area contributed by atoms with Crippen LogP contribution in [0, 0.1) is 13.8 Å². The van der Waals surface area contributed by atoms with Gasteiger partial charge in [-0.2, -0.15) is 0 Å². The van der Waals surface area contributed by atoms with E-state index in [1.807, 2.05) is 12.1 Å². The van der Waals surface area contributed by atoms with E-state index in [-0.39, 0.29) is 4.88 Å². The number of aromatic nitrogens is 2. The molecule has 0 amide bonds. The van der Waals surface area contributed by atoms with E-state index in [4.69, 9.17) is 11.6 Å². The number of halogens is 1. The Morgan fingerprint density at radius 1 is 1.23 bits per heavy atom. The monoisotopic (exact) mass is 333 g/mol. The maximum atomic E-state index is 11.3. The summed E-state index contributed by atoms with van der Waals surface area (Å²) >= 11 is 7.04. The lowest BCUT2D eigenvalue weighted by Crippen LogP contribution is -1.99. The highest BCUT2D eigenvalue weighted by Crippen LogP contribution is 2.35. The molecule has 0 bridgehead atoms. The van der Waals surface area contributed by atoms with Crippen LogP contribution < -0.4 is 5.32 Å². The van der Waals surface area contributed by atoms with Crippen LogP contribution in [0.2, 0.25) is 5.02 Å². The molecule has 3 aromatic rings. The molecule has 0 radical (unpaired) electrons. The number of hydrogen-bond acceptors (Lipinski definition) is 5. The van der Waals surface area contributed by atoms with Crippen LogP contribution in [0.15, 0.2) is 24.3 Å². The van der Waals surface area contributed by atoms with Gasteiger partial charge in [-0.3, -0.25) is 0 Å². The zero-order valence-electron chi connectivity index (χ0n) is 11.8. The van der Waals surface area contributed by atoms with E-state index in [1.54, 1.807) is 26.0 Å². The fourth-order valence-electron chi connectivity index (χ4n) is 2.21. The van der Waals surface area contributed by atoms with Gasteiger partial charge in [0.25, 0.3) is 0 Å². The van der Waals surface area contributed by atoms with Crippen molar-refractivity contribution < 1.29 is 9.90 Å². The molecule has 0 saturated carbocycles. The van der Waals surface area contributed by atoms with Crippen molar-refractivity contribution in [1.82, 2.24) is 9.97 Å². The standard InChI is InChI=1S/C15H12ClN3O2S/c1-7-11-13(19-10-5-3-9(16)4-6-10)17-8(2)18-14(11)22-12(7)15(20)21/h3-6H,1-2H3,(H,20,21)(H,17,18,19). The normalized spacial score (nSPS) is 10.9. The molecule has 2 heterocycles. The van der Waals surface area contributed by atoms with Crippen molar-refractivity contribution in [1.29, 1.82) is 0 Å². The number of fused-ring (bicyclic) bond motifs is 1. The quantitative estimate of drug-likeness (QED) is 0.742. The summed E-state index contributed by atoms with van der Waals surface area (Å²) in [5, 5.41) is 13.9. The second-order valence-electron chi connectivity index (χ2n) is 4.79. The van der Waals surface area contributed by atoms with Crippen LogP contribution >= 0.6 is 22.9 Å². The van der Waals surface area contributed by atoms with E-state index < -0.39 is 5.97 Å². The van der Waals surface area contributed by atoms with Crippen molar-refractivity contribution in [3.63, 3.8) is 0 Å². The second-order valence-corrected chi connectivity index (χ2v) is 6.23. The number of carboxylic acids is 1. The number of aryl methyl sites for hydroxylation is 2. The fraction of sp³-hybridized carbons (Fsp3) is 0.133. The molecule has 0 atom stereocenters. The van der Waals surface area contributed by atoms with Crippen LogP contribution in [-0.4, -0.2) is 21.0 Å². The van der Waals surface area contributed by atoms with Crippen LogP contribution in [0.1, 0.15) is 21.1 Å². The zero-order valence-corrected chi connectivity index (χ0v) is 13.4. The molecule has 5 nitrogen and oxygen atoms in total. The van der Waals surface area contributed by atoms with Crippen LogP contribution in [-0.2, 0) is 0 Å². The SMILES string of the molecule is Cc1nc(Nc2ccc(Cl)cc2)c2c(C)c(C(=O)O)sc2n1. The van der Waals surface area contributed by atoms with Crippen molar-refractivity contribution >= 4 is 50.6 Å². The molecule has 0 fully saturated rings. The largest absolute Gasteiger partial charge is 0.477 e. The first-order valence-corrected chi connectivity index (χ1v) is 7.69. The van der Waals surface area contributed by atoms with Crippen LogP contribution in [0.5, 0.6) is 0 Å². The maximum absolute atomic E-state index is 11.3. The molecular formula is C15H12ClN3O2S. The van der Waals surface area contributed by atoms with Gasteiger partial charge in [-0.25, -0.2) is 14.8 Å². The molecule has 2 aromatic heterocycles. The highest BCUT2D eigenvalue weighted by Gasteiger charge is 2.19. The van der Waals surface area contributed by atoms with Gasteiger partial charge < -0.3 is 10.4 Å². The third kappa shape index (κ3) is 2.63. The fourth-order valence-corrected chi connectivity index (χ4v) is 3.40. The van der Waals surface area contributed by atoms with Gasteiger partial charge in [0.1, 0.15) is 21.3 Å². The third-order valence-electron chi connectivity index (χ3n) is 3.20. The van der Waals surface area contributed by atoms with Crippen molar-refractivity contribution in [2.45, 2.75) is 13.8 Å². The highest BCUT2D eigenvalue weighted by molar-refractivity contribution is 7.20. The maximum Gasteiger partial charge on any atom is 0.346 e. The van der Waals surface area contributed by atoms with E-state index in [9.17, 15) is 9.90 Å². The molecule has 7 heteroatoms. The minimum absolute atomic E-state index is 0.286. The number of benzene rings is 1. The van der Waals surface area contributed by atoms with Gasteiger partial charge >= 0.3 is 5.97 Å². The molecule has 0 spiro atoms. The Kier molecular flexibility index (Phi) is 3.72.